The molecule has 4 aromatic rings. The van der Waals surface area contributed by atoms with Crippen LogP contribution in [0.25, 0.3) is 16.9 Å². The number of anilines is 1. The number of nitrogens with one attached hydrogen (secondary N) is 1. The van der Waals surface area contributed by atoms with Crippen LogP contribution in [-0.2, 0) is 19.4 Å². The molecule has 4 heterocycles. The second-order valence-electron chi connectivity index (χ2n) is 7.99. The van der Waals surface area contributed by atoms with E-state index < -0.39 is 0 Å². The van der Waals surface area contributed by atoms with Crippen molar-refractivity contribution in [3.05, 3.63) is 76.5 Å². The maximum Gasteiger partial charge on any atom is 0.171 e. The molecule has 0 saturated carbocycles. The highest BCUT2D eigenvalue weighted by Crippen LogP contribution is 2.31. The van der Waals surface area contributed by atoms with Gasteiger partial charge in [0.05, 0.1) is 5.69 Å². The zero-order chi connectivity index (χ0) is 20.7. The Labute approximate surface area is 175 Å². The first-order chi connectivity index (χ1) is 14.6. The van der Waals surface area contributed by atoms with E-state index >= 15 is 0 Å². The van der Waals surface area contributed by atoms with Crippen molar-refractivity contribution in [3.8, 4) is 11.3 Å². The van der Waals surface area contributed by atoms with E-state index in [9.17, 15) is 4.39 Å². The van der Waals surface area contributed by atoms with E-state index in [4.69, 9.17) is 4.98 Å². The number of pyridine rings is 2. The van der Waals surface area contributed by atoms with Crippen molar-refractivity contribution < 1.29 is 4.39 Å². The van der Waals surface area contributed by atoms with Crippen molar-refractivity contribution in [1.82, 2.24) is 19.6 Å². The van der Waals surface area contributed by atoms with Crippen LogP contribution in [0, 0.1) is 19.7 Å². The molecule has 5 rings (SSSR count). The van der Waals surface area contributed by atoms with Crippen LogP contribution in [0.15, 0.2) is 42.7 Å². The van der Waals surface area contributed by atoms with Gasteiger partial charge in [-0.25, -0.2) is 4.39 Å². The quantitative estimate of drug-likeness (QED) is 0.486. The van der Waals surface area contributed by atoms with E-state index in [1.807, 2.05) is 42.5 Å². The number of hydrogen-bond acceptors (Lipinski definition) is 4. The lowest BCUT2D eigenvalue weighted by molar-refractivity contribution is 0.609. The van der Waals surface area contributed by atoms with Crippen molar-refractivity contribution in [3.63, 3.8) is 0 Å². The Balaban J connectivity index is 1.65. The van der Waals surface area contributed by atoms with E-state index in [1.165, 1.54) is 11.1 Å². The summed E-state index contributed by atoms with van der Waals surface area (Å²) >= 11 is 0. The molecule has 0 spiro atoms. The minimum Gasteiger partial charge on any atom is -0.367 e. The van der Waals surface area contributed by atoms with Gasteiger partial charge in [-0.3, -0.25) is 9.38 Å². The number of aromatic nitrogens is 4. The average molecular weight is 401 g/mol. The van der Waals surface area contributed by atoms with Gasteiger partial charge in [-0.05, 0) is 80.5 Å². The molecule has 5 nitrogen and oxygen atoms in total. The van der Waals surface area contributed by atoms with Crippen LogP contribution in [0.2, 0.25) is 0 Å². The highest BCUT2D eigenvalue weighted by Gasteiger charge is 2.18. The minimum atomic E-state index is -0.162. The summed E-state index contributed by atoms with van der Waals surface area (Å²) in [5.74, 6) is 0.766. The number of nitrogens with zero attached hydrogens (tertiary/aromatic N) is 4. The predicted octanol–water partition coefficient (Wildman–Crippen LogP) is 5.04. The zero-order valence-corrected chi connectivity index (χ0v) is 17.2. The number of halogens is 1. The standard InChI is InChI=1S/C24H24FN5/c1-15-6-5-9-22(28-15)19-12-18-8-4-3-7-17-10-11-21(25)20(16(17)2)13-26-23(18)30-14-27-29-24(19)30/h5-6,9-12,14,26H,3-4,7-8,13H2,1-2H3. The fourth-order valence-electron chi connectivity index (χ4n) is 4.38. The molecule has 0 saturated heterocycles. The zero-order valence-electron chi connectivity index (χ0n) is 17.2. The van der Waals surface area contributed by atoms with Gasteiger partial charge < -0.3 is 5.32 Å². The molecule has 6 heteroatoms. The van der Waals surface area contributed by atoms with Crippen LogP contribution in [-0.4, -0.2) is 19.6 Å². The van der Waals surface area contributed by atoms with Gasteiger partial charge in [0.25, 0.3) is 0 Å². The summed E-state index contributed by atoms with van der Waals surface area (Å²) in [5.41, 5.74) is 7.75. The molecule has 0 amide bonds. The Morgan fingerprint density at radius 2 is 1.87 bits per heavy atom. The first-order valence-electron chi connectivity index (χ1n) is 10.4. The van der Waals surface area contributed by atoms with E-state index in [2.05, 4.69) is 21.6 Å². The van der Waals surface area contributed by atoms with Gasteiger partial charge >= 0.3 is 0 Å². The van der Waals surface area contributed by atoms with Gasteiger partial charge in [0.1, 0.15) is 18.0 Å². The van der Waals surface area contributed by atoms with Crippen LogP contribution in [0.4, 0.5) is 10.2 Å². The van der Waals surface area contributed by atoms with E-state index in [-0.39, 0.29) is 5.82 Å². The van der Waals surface area contributed by atoms with Gasteiger partial charge in [0.15, 0.2) is 5.65 Å². The third-order valence-electron chi connectivity index (χ3n) is 6.04. The Morgan fingerprint density at radius 3 is 2.70 bits per heavy atom. The Bertz CT molecular complexity index is 1240. The SMILES string of the molecule is Cc1cccc(-c2cc3c(n4cnnc24)NCc2c(F)ccc(c2C)CCCC3)n1. The fraction of sp³-hybridized carbons (Fsp3) is 0.292. The van der Waals surface area contributed by atoms with Gasteiger partial charge in [0, 0.05) is 23.4 Å². The molecule has 152 valence electrons. The Hall–Kier alpha value is -3.28. The molecule has 1 aliphatic rings. The van der Waals surface area contributed by atoms with Gasteiger partial charge in [-0.2, -0.15) is 0 Å². The van der Waals surface area contributed by atoms with E-state index in [0.717, 1.165) is 65.2 Å². The van der Waals surface area contributed by atoms with E-state index in [0.29, 0.717) is 6.54 Å². The predicted molar refractivity (Wildman–Crippen MR) is 116 cm³/mol. The molecule has 2 bridgehead atoms. The monoisotopic (exact) mass is 401 g/mol. The minimum absolute atomic E-state index is 0.162. The molecule has 0 unspecified atom stereocenters. The maximum atomic E-state index is 14.6. The van der Waals surface area contributed by atoms with Crippen LogP contribution in [0.1, 0.15) is 40.8 Å². The molecule has 1 N–H and O–H groups in total. The lowest BCUT2D eigenvalue weighted by Crippen LogP contribution is -2.11. The third-order valence-corrected chi connectivity index (χ3v) is 6.04. The van der Waals surface area contributed by atoms with Crippen molar-refractivity contribution in [2.24, 2.45) is 0 Å². The summed E-state index contributed by atoms with van der Waals surface area (Å²) in [6, 6.07) is 11.7. The molecular weight excluding hydrogens is 377 g/mol. The topological polar surface area (TPSA) is 55.1 Å². The van der Waals surface area contributed by atoms with Crippen molar-refractivity contribution >= 4 is 11.5 Å². The summed E-state index contributed by atoms with van der Waals surface area (Å²) in [6.45, 7) is 4.44. The van der Waals surface area contributed by atoms with Gasteiger partial charge in [-0.15, -0.1) is 10.2 Å². The first kappa shape index (κ1) is 18.7. The third kappa shape index (κ3) is 3.22. The number of aryl methyl sites for hydroxylation is 3. The number of rotatable bonds is 1. The van der Waals surface area contributed by atoms with Crippen LogP contribution < -0.4 is 5.32 Å². The van der Waals surface area contributed by atoms with Gasteiger partial charge in [-0.1, -0.05) is 12.1 Å². The molecule has 30 heavy (non-hydrogen) atoms. The summed E-state index contributed by atoms with van der Waals surface area (Å²) in [4.78, 5) is 4.70. The van der Waals surface area contributed by atoms with Crippen molar-refractivity contribution in [2.45, 2.75) is 46.1 Å². The molecule has 3 aromatic heterocycles. The second kappa shape index (κ2) is 7.52. The smallest absolute Gasteiger partial charge is 0.171 e. The summed E-state index contributed by atoms with van der Waals surface area (Å²) < 4.78 is 16.6. The lowest BCUT2D eigenvalue weighted by atomic mass is 9.97. The molecule has 1 aromatic carbocycles. The van der Waals surface area contributed by atoms with Crippen molar-refractivity contribution in [1.29, 1.82) is 0 Å². The number of hydrogen-bond donors (Lipinski definition) is 1. The Kier molecular flexibility index (Phi) is 4.69. The van der Waals surface area contributed by atoms with Crippen LogP contribution in [0.3, 0.4) is 0 Å². The molecular formula is C24H24FN5. The normalized spacial score (nSPS) is 14.1. The maximum absolute atomic E-state index is 14.6. The lowest BCUT2D eigenvalue weighted by Gasteiger charge is -2.17. The van der Waals surface area contributed by atoms with Crippen LogP contribution >= 0.6 is 0 Å². The Morgan fingerprint density at radius 1 is 1.03 bits per heavy atom. The van der Waals surface area contributed by atoms with Crippen molar-refractivity contribution in [2.75, 3.05) is 5.32 Å². The molecule has 0 radical (unpaired) electrons. The largest absolute Gasteiger partial charge is 0.367 e. The number of fused-ring (bicyclic) bond motifs is 5. The van der Waals surface area contributed by atoms with Crippen LogP contribution in [0.5, 0.6) is 0 Å². The molecule has 0 aliphatic carbocycles. The number of benzene rings is 1. The van der Waals surface area contributed by atoms with E-state index in [1.54, 1.807) is 12.4 Å². The average Bonchev–Trinajstić information content (AvgIpc) is 3.21. The molecule has 1 aliphatic heterocycles. The first-order valence-corrected chi connectivity index (χ1v) is 10.4. The highest BCUT2D eigenvalue weighted by molar-refractivity contribution is 5.78. The molecule has 0 atom stereocenters. The summed E-state index contributed by atoms with van der Waals surface area (Å²) in [5, 5.41) is 12.0. The summed E-state index contributed by atoms with van der Waals surface area (Å²) in [7, 11) is 0. The fourth-order valence-corrected chi connectivity index (χ4v) is 4.38. The highest BCUT2D eigenvalue weighted by atomic mass is 19.1. The summed E-state index contributed by atoms with van der Waals surface area (Å²) in [6.07, 6.45) is 5.72. The second-order valence-corrected chi connectivity index (χ2v) is 7.99. The molecule has 0 fully saturated rings. The van der Waals surface area contributed by atoms with Gasteiger partial charge in [0.2, 0.25) is 0 Å².